The highest BCUT2D eigenvalue weighted by molar-refractivity contribution is 4.95. The van der Waals surface area contributed by atoms with Crippen molar-refractivity contribution in [3.63, 3.8) is 0 Å². The maximum atomic E-state index is 3.54. The van der Waals surface area contributed by atoms with Crippen LogP contribution in [-0.4, -0.2) is 37.6 Å². The van der Waals surface area contributed by atoms with E-state index >= 15 is 0 Å². The molecule has 1 unspecified atom stereocenters. The molecule has 2 heteroatoms. The van der Waals surface area contributed by atoms with Crippen LogP contribution in [0.2, 0.25) is 0 Å². The second-order valence-electron chi connectivity index (χ2n) is 6.78. The van der Waals surface area contributed by atoms with E-state index in [4.69, 9.17) is 0 Å². The number of likely N-dealkylation sites (N-methyl/N-ethyl adjacent to an activating group) is 1. The number of rotatable bonds is 4. The zero-order chi connectivity index (χ0) is 11.7. The van der Waals surface area contributed by atoms with Gasteiger partial charge in [0.05, 0.1) is 0 Å². The van der Waals surface area contributed by atoms with Gasteiger partial charge in [0.15, 0.2) is 0 Å². The van der Waals surface area contributed by atoms with E-state index in [1.165, 1.54) is 71.0 Å². The Morgan fingerprint density at radius 1 is 1.18 bits per heavy atom. The summed E-state index contributed by atoms with van der Waals surface area (Å²) in [6.45, 7) is 4.08. The average molecular weight is 236 g/mol. The number of hydrogen-bond acceptors (Lipinski definition) is 2. The summed E-state index contributed by atoms with van der Waals surface area (Å²) in [6, 6.07) is 0.772. The van der Waals surface area contributed by atoms with Crippen LogP contribution in [0.25, 0.3) is 0 Å². The van der Waals surface area contributed by atoms with Crippen LogP contribution in [0, 0.1) is 11.3 Å². The number of nitrogens with one attached hydrogen (secondary N) is 1. The summed E-state index contributed by atoms with van der Waals surface area (Å²) in [5, 5.41) is 3.54. The molecule has 1 saturated heterocycles. The van der Waals surface area contributed by atoms with Gasteiger partial charge in [0.1, 0.15) is 0 Å². The van der Waals surface area contributed by atoms with Crippen molar-refractivity contribution in [1.82, 2.24) is 10.2 Å². The van der Waals surface area contributed by atoms with Gasteiger partial charge in [-0.05, 0) is 57.0 Å². The van der Waals surface area contributed by atoms with Crippen LogP contribution < -0.4 is 5.32 Å². The van der Waals surface area contributed by atoms with Gasteiger partial charge in [-0.2, -0.15) is 0 Å². The van der Waals surface area contributed by atoms with Crippen molar-refractivity contribution in [2.75, 3.05) is 26.7 Å². The van der Waals surface area contributed by atoms with E-state index in [-0.39, 0.29) is 0 Å². The minimum Gasteiger partial charge on any atom is -0.315 e. The van der Waals surface area contributed by atoms with Gasteiger partial charge in [-0.25, -0.2) is 0 Å². The van der Waals surface area contributed by atoms with Crippen molar-refractivity contribution in [2.24, 2.45) is 11.3 Å². The van der Waals surface area contributed by atoms with Crippen molar-refractivity contribution in [2.45, 2.75) is 57.4 Å². The molecular formula is C15H28N2. The molecule has 0 aromatic carbocycles. The molecular weight excluding hydrogens is 208 g/mol. The molecule has 0 aromatic rings. The van der Waals surface area contributed by atoms with Crippen molar-refractivity contribution >= 4 is 0 Å². The average Bonchev–Trinajstić information content (AvgIpc) is 3.13. The van der Waals surface area contributed by atoms with Crippen LogP contribution in [0.5, 0.6) is 0 Å². The third kappa shape index (κ3) is 2.68. The van der Waals surface area contributed by atoms with Gasteiger partial charge < -0.3 is 10.2 Å². The summed E-state index contributed by atoms with van der Waals surface area (Å²) in [7, 11) is 2.15. The SMILES string of the molecule is CNC(CN1CCC2(CCCCC2)C1)C1CC1. The highest BCUT2D eigenvalue weighted by Crippen LogP contribution is 2.44. The molecule has 2 aliphatic carbocycles. The van der Waals surface area contributed by atoms with Gasteiger partial charge in [-0.3, -0.25) is 0 Å². The van der Waals surface area contributed by atoms with E-state index in [0.29, 0.717) is 0 Å². The molecule has 1 heterocycles. The number of nitrogens with zero attached hydrogens (tertiary/aromatic N) is 1. The monoisotopic (exact) mass is 236 g/mol. The molecule has 0 radical (unpaired) electrons. The molecule has 98 valence electrons. The number of likely N-dealkylation sites (tertiary alicyclic amines) is 1. The standard InChI is InChI=1S/C15H28N2/c1-16-14(13-5-6-13)11-17-10-9-15(12-17)7-3-2-4-8-15/h13-14,16H,2-12H2,1H3. The van der Waals surface area contributed by atoms with Crippen LogP contribution in [0.15, 0.2) is 0 Å². The summed E-state index contributed by atoms with van der Waals surface area (Å²) in [6.07, 6.45) is 11.9. The molecule has 2 nitrogen and oxygen atoms in total. The molecule has 2 saturated carbocycles. The minimum atomic E-state index is 0.736. The quantitative estimate of drug-likeness (QED) is 0.807. The van der Waals surface area contributed by atoms with Crippen molar-refractivity contribution in [1.29, 1.82) is 0 Å². The van der Waals surface area contributed by atoms with Crippen LogP contribution in [0.4, 0.5) is 0 Å². The van der Waals surface area contributed by atoms with Gasteiger partial charge in [0.25, 0.3) is 0 Å². The van der Waals surface area contributed by atoms with E-state index < -0.39 is 0 Å². The lowest BCUT2D eigenvalue weighted by molar-refractivity contribution is 0.178. The lowest BCUT2D eigenvalue weighted by atomic mass is 9.73. The fourth-order valence-corrected chi connectivity index (χ4v) is 4.15. The van der Waals surface area contributed by atoms with E-state index in [2.05, 4.69) is 17.3 Å². The second-order valence-corrected chi connectivity index (χ2v) is 6.78. The fourth-order valence-electron chi connectivity index (χ4n) is 4.15. The van der Waals surface area contributed by atoms with Gasteiger partial charge in [0, 0.05) is 19.1 Å². The first kappa shape index (κ1) is 12.0. The fraction of sp³-hybridized carbons (Fsp3) is 1.00. The molecule has 3 fully saturated rings. The first-order valence-electron chi connectivity index (χ1n) is 7.71. The minimum absolute atomic E-state index is 0.736. The van der Waals surface area contributed by atoms with Crippen molar-refractivity contribution in [3.8, 4) is 0 Å². The van der Waals surface area contributed by atoms with Gasteiger partial charge in [-0.15, -0.1) is 0 Å². The summed E-state index contributed by atoms with van der Waals surface area (Å²) in [5.41, 5.74) is 0.736. The normalized spacial score (nSPS) is 30.9. The van der Waals surface area contributed by atoms with Crippen LogP contribution in [0.1, 0.15) is 51.4 Å². The first-order valence-corrected chi connectivity index (χ1v) is 7.71. The van der Waals surface area contributed by atoms with Gasteiger partial charge in [0.2, 0.25) is 0 Å². The molecule has 1 spiro atoms. The largest absolute Gasteiger partial charge is 0.315 e. The third-order valence-corrected chi connectivity index (χ3v) is 5.45. The molecule has 1 N–H and O–H groups in total. The Kier molecular flexibility index (Phi) is 3.45. The molecule has 0 aromatic heterocycles. The highest BCUT2D eigenvalue weighted by Gasteiger charge is 2.40. The Bertz CT molecular complexity index is 254. The smallest absolute Gasteiger partial charge is 0.0220 e. The van der Waals surface area contributed by atoms with Crippen LogP contribution >= 0.6 is 0 Å². The molecule has 0 amide bonds. The Hall–Kier alpha value is -0.0800. The summed E-state index contributed by atoms with van der Waals surface area (Å²) < 4.78 is 0. The van der Waals surface area contributed by atoms with E-state index in [9.17, 15) is 0 Å². The predicted molar refractivity (Wildman–Crippen MR) is 72.1 cm³/mol. The van der Waals surface area contributed by atoms with Crippen LogP contribution in [-0.2, 0) is 0 Å². The summed E-state index contributed by atoms with van der Waals surface area (Å²) >= 11 is 0. The second kappa shape index (κ2) is 4.89. The molecule has 1 atom stereocenters. The molecule has 3 aliphatic rings. The van der Waals surface area contributed by atoms with E-state index in [0.717, 1.165) is 17.4 Å². The molecule has 0 bridgehead atoms. The Morgan fingerprint density at radius 2 is 1.94 bits per heavy atom. The van der Waals surface area contributed by atoms with E-state index in [1.54, 1.807) is 0 Å². The van der Waals surface area contributed by atoms with Crippen molar-refractivity contribution in [3.05, 3.63) is 0 Å². The number of hydrogen-bond donors (Lipinski definition) is 1. The molecule has 17 heavy (non-hydrogen) atoms. The summed E-state index contributed by atoms with van der Waals surface area (Å²) in [5.74, 6) is 0.989. The first-order chi connectivity index (χ1) is 8.31. The zero-order valence-electron chi connectivity index (χ0n) is 11.4. The maximum Gasteiger partial charge on any atom is 0.0220 e. The Balaban J connectivity index is 1.52. The topological polar surface area (TPSA) is 15.3 Å². The highest BCUT2D eigenvalue weighted by atomic mass is 15.2. The zero-order valence-corrected chi connectivity index (χ0v) is 11.4. The van der Waals surface area contributed by atoms with E-state index in [1.807, 2.05) is 0 Å². The van der Waals surface area contributed by atoms with Gasteiger partial charge in [-0.1, -0.05) is 19.3 Å². The summed E-state index contributed by atoms with van der Waals surface area (Å²) in [4.78, 5) is 2.75. The Labute approximate surface area is 106 Å². The van der Waals surface area contributed by atoms with Crippen molar-refractivity contribution < 1.29 is 0 Å². The lowest BCUT2D eigenvalue weighted by Crippen LogP contribution is -2.41. The van der Waals surface area contributed by atoms with Crippen LogP contribution in [0.3, 0.4) is 0 Å². The Morgan fingerprint density at radius 3 is 2.59 bits per heavy atom. The lowest BCUT2D eigenvalue weighted by Gasteiger charge is -2.34. The predicted octanol–water partition coefficient (Wildman–Crippen LogP) is 2.64. The van der Waals surface area contributed by atoms with Gasteiger partial charge >= 0.3 is 0 Å². The molecule has 1 aliphatic heterocycles. The third-order valence-electron chi connectivity index (χ3n) is 5.45. The maximum absolute atomic E-state index is 3.54. The molecule has 3 rings (SSSR count).